The molecular weight excluding hydrogens is 265 g/mol. The Kier molecular flexibility index (Phi) is 3.64. The van der Waals surface area contributed by atoms with E-state index in [9.17, 15) is 8.78 Å². The number of hydrogen-bond acceptors (Lipinski definition) is 1. The van der Waals surface area contributed by atoms with Gasteiger partial charge in [0.1, 0.15) is 6.10 Å². The van der Waals surface area contributed by atoms with Crippen LogP contribution in [0, 0.1) is 0 Å². The SMILES string of the molecule is OC(c1ccc(Br)cc1Cl)C(F)F. The van der Waals surface area contributed by atoms with Gasteiger partial charge < -0.3 is 5.11 Å². The Morgan fingerprint density at radius 1 is 1.38 bits per heavy atom. The second-order valence-corrected chi connectivity index (χ2v) is 3.77. The first kappa shape index (κ1) is 10.9. The number of rotatable bonds is 2. The predicted octanol–water partition coefficient (Wildman–Crippen LogP) is 3.40. The number of halogens is 4. The lowest BCUT2D eigenvalue weighted by Gasteiger charge is -2.11. The van der Waals surface area contributed by atoms with E-state index in [4.69, 9.17) is 16.7 Å². The largest absolute Gasteiger partial charge is 0.382 e. The summed E-state index contributed by atoms with van der Waals surface area (Å²) in [6.45, 7) is 0. The highest BCUT2D eigenvalue weighted by atomic mass is 79.9. The fraction of sp³-hybridized carbons (Fsp3) is 0.250. The summed E-state index contributed by atoms with van der Waals surface area (Å²) in [5.74, 6) is 0. The van der Waals surface area contributed by atoms with Gasteiger partial charge in [-0.1, -0.05) is 33.6 Å². The first-order valence-corrected chi connectivity index (χ1v) is 4.60. The quantitative estimate of drug-likeness (QED) is 0.874. The van der Waals surface area contributed by atoms with E-state index in [-0.39, 0.29) is 10.6 Å². The summed E-state index contributed by atoms with van der Waals surface area (Å²) in [7, 11) is 0. The zero-order valence-electron chi connectivity index (χ0n) is 6.35. The molecule has 0 fully saturated rings. The van der Waals surface area contributed by atoms with Gasteiger partial charge in [-0.25, -0.2) is 8.78 Å². The first-order valence-electron chi connectivity index (χ1n) is 3.43. The highest BCUT2D eigenvalue weighted by Gasteiger charge is 2.21. The van der Waals surface area contributed by atoms with E-state index in [1.54, 1.807) is 6.07 Å². The lowest BCUT2D eigenvalue weighted by atomic mass is 10.1. The van der Waals surface area contributed by atoms with Gasteiger partial charge in [-0.05, 0) is 12.1 Å². The maximum atomic E-state index is 12.1. The minimum Gasteiger partial charge on any atom is -0.382 e. The zero-order valence-corrected chi connectivity index (χ0v) is 8.69. The van der Waals surface area contributed by atoms with Crippen LogP contribution in [-0.4, -0.2) is 11.5 Å². The molecule has 0 aromatic heterocycles. The number of alkyl halides is 2. The Morgan fingerprint density at radius 2 is 2.00 bits per heavy atom. The molecule has 0 saturated carbocycles. The third-order valence-corrected chi connectivity index (χ3v) is 2.34. The Morgan fingerprint density at radius 3 is 2.46 bits per heavy atom. The molecule has 72 valence electrons. The van der Waals surface area contributed by atoms with Crippen molar-refractivity contribution >= 4 is 27.5 Å². The van der Waals surface area contributed by atoms with Crippen molar-refractivity contribution in [2.45, 2.75) is 12.5 Å². The number of aliphatic hydroxyl groups is 1. The average Bonchev–Trinajstić information content (AvgIpc) is 2.03. The molecule has 13 heavy (non-hydrogen) atoms. The van der Waals surface area contributed by atoms with E-state index < -0.39 is 12.5 Å². The summed E-state index contributed by atoms with van der Waals surface area (Å²) in [5.41, 5.74) is 0.0415. The number of aliphatic hydroxyl groups excluding tert-OH is 1. The van der Waals surface area contributed by atoms with Crippen LogP contribution in [0.1, 0.15) is 11.7 Å². The summed E-state index contributed by atoms with van der Waals surface area (Å²) in [6, 6.07) is 4.37. The van der Waals surface area contributed by atoms with E-state index in [0.29, 0.717) is 4.47 Å². The predicted molar refractivity (Wildman–Crippen MR) is 50.1 cm³/mol. The monoisotopic (exact) mass is 270 g/mol. The molecule has 0 radical (unpaired) electrons. The normalized spacial score (nSPS) is 13.4. The lowest BCUT2D eigenvalue weighted by Crippen LogP contribution is -2.08. The zero-order chi connectivity index (χ0) is 10.0. The molecule has 0 aliphatic carbocycles. The smallest absolute Gasteiger partial charge is 0.268 e. The van der Waals surface area contributed by atoms with Crippen LogP contribution < -0.4 is 0 Å². The molecule has 1 nitrogen and oxygen atoms in total. The fourth-order valence-corrected chi connectivity index (χ4v) is 1.66. The Labute approximate surface area is 87.5 Å². The molecule has 1 unspecified atom stereocenters. The molecule has 0 bridgehead atoms. The highest BCUT2D eigenvalue weighted by molar-refractivity contribution is 9.10. The Balaban J connectivity index is 3.01. The van der Waals surface area contributed by atoms with Gasteiger partial charge in [-0.15, -0.1) is 0 Å². The topological polar surface area (TPSA) is 20.2 Å². The van der Waals surface area contributed by atoms with Crippen molar-refractivity contribution in [2.24, 2.45) is 0 Å². The van der Waals surface area contributed by atoms with Gasteiger partial charge in [0.2, 0.25) is 0 Å². The summed E-state index contributed by atoms with van der Waals surface area (Å²) in [5, 5.41) is 9.15. The molecule has 0 aliphatic heterocycles. The summed E-state index contributed by atoms with van der Waals surface area (Å²) in [4.78, 5) is 0. The molecule has 0 spiro atoms. The molecular formula is C8H6BrClF2O. The van der Waals surface area contributed by atoms with E-state index >= 15 is 0 Å². The molecule has 5 heteroatoms. The molecule has 0 heterocycles. The van der Waals surface area contributed by atoms with Crippen molar-refractivity contribution in [1.82, 2.24) is 0 Å². The van der Waals surface area contributed by atoms with E-state index in [1.165, 1.54) is 12.1 Å². The summed E-state index contributed by atoms with van der Waals surface area (Å²) in [6.07, 6.45) is -4.64. The minimum absolute atomic E-state index is 0.0415. The Bertz CT molecular complexity index is 306. The van der Waals surface area contributed by atoms with Gasteiger partial charge in [0.05, 0.1) is 0 Å². The van der Waals surface area contributed by atoms with Crippen molar-refractivity contribution < 1.29 is 13.9 Å². The molecule has 0 saturated heterocycles. The molecule has 1 aromatic rings. The summed E-state index contributed by atoms with van der Waals surface area (Å²) >= 11 is 8.77. The minimum atomic E-state index is -2.82. The molecule has 1 atom stereocenters. The maximum Gasteiger partial charge on any atom is 0.268 e. The van der Waals surface area contributed by atoms with Gasteiger partial charge in [-0.2, -0.15) is 0 Å². The van der Waals surface area contributed by atoms with Crippen LogP contribution in [0.15, 0.2) is 22.7 Å². The van der Waals surface area contributed by atoms with E-state index in [1.807, 2.05) is 0 Å². The van der Waals surface area contributed by atoms with Crippen molar-refractivity contribution in [3.05, 3.63) is 33.3 Å². The van der Waals surface area contributed by atoms with Crippen molar-refractivity contribution in [3.63, 3.8) is 0 Å². The average molecular weight is 271 g/mol. The van der Waals surface area contributed by atoms with Crippen molar-refractivity contribution in [1.29, 1.82) is 0 Å². The van der Waals surface area contributed by atoms with Crippen LogP contribution in [0.2, 0.25) is 5.02 Å². The van der Waals surface area contributed by atoms with Crippen LogP contribution in [0.3, 0.4) is 0 Å². The standard InChI is InChI=1S/C8H6BrClF2O/c9-4-1-2-5(6(10)3-4)7(13)8(11)12/h1-3,7-8,13H. The second-order valence-electron chi connectivity index (χ2n) is 2.45. The van der Waals surface area contributed by atoms with Gasteiger partial charge in [0.15, 0.2) is 0 Å². The van der Waals surface area contributed by atoms with Crippen LogP contribution in [0.25, 0.3) is 0 Å². The second kappa shape index (κ2) is 4.35. The van der Waals surface area contributed by atoms with Crippen LogP contribution in [-0.2, 0) is 0 Å². The maximum absolute atomic E-state index is 12.1. The van der Waals surface area contributed by atoms with Crippen molar-refractivity contribution in [2.75, 3.05) is 0 Å². The molecule has 1 N–H and O–H groups in total. The molecule has 0 aliphatic rings. The third-order valence-electron chi connectivity index (χ3n) is 1.52. The van der Waals surface area contributed by atoms with E-state index in [2.05, 4.69) is 15.9 Å². The first-order chi connectivity index (χ1) is 6.02. The number of hydrogen-bond donors (Lipinski definition) is 1. The molecule has 1 rings (SSSR count). The lowest BCUT2D eigenvalue weighted by molar-refractivity contribution is -0.00573. The highest BCUT2D eigenvalue weighted by Crippen LogP contribution is 2.29. The Hall–Kier alpha value is -0.190. The fourth-order valence-electron chi connectivity index (χ4n) is 0.877. The summed E-state index contributed by atoms with van der Waals surface area (Å²) < 4.78 is 24.8. The van der Waals surface area contributed by atoms with Crippen molar-refractivity contribution in [3.8, 4) is 0 Å². The number of benzene rings is 1. The van der Waals surface area contributed by atoms with Crippen LogP contribution in [0.5, 0.6) is 0 Å². The van der Waals surface area contributed by atoms with Gasteiger partial charge in [-0.3, -0.25) is 0 Å². The molecule has 0 amide bonds. The van der Waals surface area contributed by atoms with Crippen LogP contribution >= 0.6 is 27.5 Å². The van der Waals surface area contributed by atoms with Gasteiger partial charge in [0, 0.05) is 15.1 Å². The van der Waals surface area contributed by atoms with E-state index in [0.717, 1.165) is 0 Å². The van der Waals surface area contributed by atoms with Gasteiger partial charge in [0.25, 0.3) is 6.43 Å². The molecule has 1 aromatic carbocycles. The van der Waals surface area contributed by atoms with Crippen LogP contribution in [0.4, 0.5) is 8.78 Å². The van der Waals surface area contributed by atoms with Gasteiger partial charge >= 0.3 is 0 Å². The third kappa shape index (κ3) is 2.62.